The molecule has 0 atom stereocenters. The Morgan fingerprint density at radius 3 is 1.53 bits per heavy atom. The van der Waals surface area contributed by atoms with E-state index in [1.807, 2.05) is 6.92 Å². The summed E-state index contributed by atoms with van der Waals surface area (Å²) in [6.07, 6.45) is 0. The van der Waals surface area contributed by atoms with Crippen LogP contribution in [0.15, 0.2) is 0 Å². The molecule has 2 nitrogen and oxygen atoms in total. The van der Waals surface area contributed by atoms with Crippen LogP contribution in [0.25, 0.3) is 0 Å². The third kappa shape index (κ3) is 2.53. The van der Waals surface area contributed by atoms with Crippen molar-refractivity contribution < 1.29 is 9.53 Å². The van der Waals surface area contributed by atoms with Crippen LogP contribution in [0.1, 0.15) is 48.5 Å². The topological polar surface area (TPSA) is 26.3 Å². The molecule has 15 heavy (non-hydrogen) atoms. The highest BCUT2D eigenvalue weighted by molar-refractivity contribution is 5.77. The second-order valence-corrected chi connectivity index (χ2v) is 5.12. The monoisotopic (exact) mass is 214 g/mol. The standard InChI is InChI=1S/C13H26O2/c1-8-15-12(14)13(9(2)3,10(4)5)11(6)7/h9-11H,8H2,1-7H3. The second kappa shape index (κ2) is 5.53. The molecule has 0 aliphatic rings. The molecule has 0 amide bonds. The van der Waals surface area contributed by atoms with Crippen molar-refractivity contribution in [3.05, 3.63) is 0 Å². The highest BCUT2D eigenvalue weighted by Crippen LogP contribution is 2.43. The molecule has 0 aromatic carbocycles. The molecule has 0 rings (SSSR count). The van der Waals surface area contributed by atoms with E-state index in [4.69, 9.17) is 4.74 Å². The summed E-state index contributed by atoms with van der Waals surface area (Å²) in [4.78, 5) is 12.2. The van der Waals surface area contributed by atoms with Crippen LogP contribution in [0.2, 0.25) is 0 Å². The Morgan fingerprint density at radius 2 is 1.33 bits per heavy atom. The minimum absolute atomic E-state index is 0.0370. The lowest BCUT2D eigenvalue weighted by Gasteiger charge is -2.42. The van der Waals surface area contributed by atoms with Crippen molar-refractivity contribution in [2.24, 2.45) is 23.2 Å². The van der Waals surface area contributed by atoms with E-state index < -0.39 is 0 Å². The summed E-state index contributed by atoms with van der Waals surface area (Å²) in [7, 11) is 0. The van der Waals surface area contributed by atoms with Crippen molar-refractivity contribution in [1.82, 2.24) is 0 Å². The van der Waals surface area contributed by atoms with Crippen LogP contribution in [-0.2, 0) is 9.53 Å². The van der Waals surface area contributed by atoms with Gasteiger partial charge in [0.2, 0.25) is 0 Å². The molecule has 0 radical (unpaired) electrons. The van der Waals surface area contributed by atoms with Crippen LogP contribution in [0.5, 0.6) is 0 Å². The summed E-state index contributed by atoms with van der Waals surface area (Å²) in [5.74, 6) is 0.870. The van der Waals surface area contributed by atoms with Gasteiger partial charge in [0.25, 0.3) is 0 Å². The van der Waals surface area contributed by atoms with E-state index in [2.05, 4.69) is 41.5 Å². The van der Waals surface area contributed by atoms with Crippen LogP contribution < -0.4 is 0 Å². The lowest BCUT2D eigenvalue weighted by Crippen LogP contribution is -2.46. The predicted molar refractivity (Wildman–Crippen MR) is 63.6 cm³/mol. The maximum atomic E-state index is 12.2. The van der Waals surface area contributed by atoms with Gasteiger partial charge in [0.15, 0.2) is 0 Å². The van der Waals surface area contributed by atoms with Crippen molar-refractivity contribution >= 4 is 5.97 Å². The summed E-state index contributed by atoms with van der Waals surface area (Å²) in [6, 6.07) is 0. The third-order valence-electron chi connectivity index (χ3n) is 3.50. The molecule has 0 heterocycles. The molecule has 0 fully saturated rings. The van der Waals surface area contributed by atoms with Crippen molar-refractivity contribution in [2.75, 3.05) is 6.61 Å². The number of ether oxygens (including phenoxy) is 1. The number of carbonyl (C=O) groups excluding carboxylic acids is 1. The molecule has 0 aromatic heterocycles. The Balaban J connectivity index is 5.22. The van der Waals surface area contributed by atoms with E-state index in [1.165, 1.54) is 0 Å². The Morgan fingerprint density at radius 1 is 1.00 bits per heavy atom. The normalized spacial score (nSPS) is 12.7. The maximum Gasteiger partial charge on any atom is 0.312 e. The van der Waals surface area contributed by atoms with Gasteiger partial charge in [-0.25, -0.2) is 0 Å². The van der Waals surface area contributed by atoms with E-state index in [0.717, 1.165) is 0 Å². The molecule has 2 heteroatoms. The van der Waals surface area contributed by atoms with Crippen LogP contribution in [0.4, 0.5) is 0 Å². The van der Waals surface area contributed by atoms with Gasteiger partial charge in [-0.2, -0.15) is 0 Å². The average molecular weight is 214 g/mol. The fraction of sp³-hybridized carbons (Fsp3) is 0.923. The first-order valence-electron chi connectivity index (χ1n) is 5.98. The molecule has 0 aromatic rings. The summed E-state index contributed by atoms with van der Waals surface area (Å²) in [5, 5.41) is 0. The molecule has 0 aliphatic heterocycles. The molecular weight excluding hydrogens is 188 g/mol. The highest BCUT2D eigenvalue weighted by Gasteiger charge is 2.48. The fourth-order valence-corrected chi connectivity index (χ4v) is 2.96. The Labute approximate surface area is 94.4 Å². The highest BCUT2D eigenvalue weighted by atomic mass is 16.5. The molecule has 0 bridgehead atoms. The first-order chi connectivity index (χ1) is 6.81. The second-order valence-electron chi connectivity index (χ2n) is 5.12. The number of rotatable bonds is 5. The molecule has 90 valence electrons. The first-order valence-corrected chi connectivity index (χ1v) is 5.98. The van der Waals surface area contributed by atoms with E-state index in [-0.39, 0.29) is 11.4 Å². The molecule has 0 saturated carbocycles. The summed E-state index contributed by atoms with van der Waals surface area (Å²) >= 11 is 0. The molecule has 0 aliphatic carbocycles. The Bertz CT molecular complexity index is 183. The van der Waals surface area contributed by atoms with Crippen molar-refractivity contribution in [3.63, 3.8) is 0 Å². The minimum Gasteiger partial charge on any atom is -0.466 e. The molecule has 0 N–H and O–H groups in total. The molecule has 0 unspecified atom stereocenters. The van der Waals surface area contributed by atoms with Crippen molar-refractivity contribution in [3.8, 4) is 0 Å². The maximum absolute atomic E-state index is 12.2. The zero-order valence-corrected chi connectivity index (χ0v) is 11.3. The summed E-state index contributed by atoms with van der Waals surface area (Å²) in [6.45, 7) is 15.0. The lowest BCUT2D eigenvalue weighted by molar-refractivity contribution is -0.166. The van der Waals surface area contributed by atoms with Gasteiger partial charge < -0.3 is 4.74 Å². The molecule has 0 saturated heterocycles. The van der Waals surface area contributed by atoms with Crippen molar-refractivity contribution in [2.45, 2.75) is 48.5 Å². The van der Waals surface area contributed by atoms with Gasteiger partial charge in [0.1, 0.15) is 0 Å². The third-order valence-corrected chi connectivity index (χ3v) is 3.50. The van der Waals surface area contributed by atoms with Gasteiger partial charge in [0.05, 0.1) is 12.0 Å². The predicted octanol–water partition coefficient (Wildman–Crippen LogP) is 3.50. The minimum atomic E-state index is -0.351. The SMILES string of the molecule is CCOC(=O)C(C(C)C)(C(C)C)C(C)C. The largest absolute Gasteiger partial charge is 0.466 e. The molecular formula is C13H26O2. The number of hydrogen-bond acceptors (Lipinski definition) is 2. The van der Waals surface area contributed by atoms with Gasteiger partial charge in [0, 0.05) is 0 Å². The summed E-state index contributed by atoms with van der Waals surface area (Å²) in [5.41, 5.74) is -0.351. The van der Waals surface area contributed by atoms with Crippen molar-refractivity contribution in [1.29, 1.82) is 0 Å². The van der Waals surface area contributed by atoms with Crippen LogP contribution >= 0.6 is 0 Å². The lowest BCUT2D eigenvalue weighted by atomic mass is 9.62. The quantitative estimate of drug-likeness (QED) is 0.655. The fourth-order valence-electron chi connectivity index (χ4n) is 2.96. The summed E-state index contributed by atoms with van der Waals surface area (Å²) < 4.78 is 5.25. The van der Waals surface area contributed by atoms with Gasteiger partial charge in [-0.1, -0.05) is 41.5 Å². The van der Waals surface area contributed by atoms with Crippen LogP contribution in [0, 0.1) is 23.2 Å². The van der Waals surface area contributed by atoms with E-state index in [1.54, 1.807) is 0 Å². The zero-order chi connectivity index (χ0) is 12.2. The van der Waals surface area contributed by atoms with Crippen LogP contribution in [-0.4, -0.2) is 12.6 Å². The number of esters is 1. The van der Waals surface area contributed by atoms with Crippen LogP contribution in [0.3, 0.4) is 0 Å². The Kier molecular flexibility index (Phi) is 5.33. The Hall–Kier alpha value is -0.530. The first kappa shape index (κ1) is 14.5. The van der Waals surface area contributed by atoms with Gasteiger partial charge in [-0.3, -0.25) is 4.79 Å². The van der Waals surface area contributed by atoms with Gasteiger partial charge in [-0.15, -0.1) is 0 Å². The smallest absolute Gasteiger partial charge is 0.312 e. The zero-order valence-electron chi connectivity index (χ0n) is 11.3. The van der Waals surface area contributed by atoms with Gasteiger partial charge in [-0.05, 0) is 24.7 Å². The number of carbonyl (C=O) groups is 1. The van der Waals surface area contributed by atoms with Gasteiger partial charge >= 0.3 is 5.97 Å². The van der Waals surface area contributed by atoms with E-state index in [9.17, 15) is 4.79 Å². The molecule has 0 spiro atoms. The number of hydrogen-bond donors (Lipinski definition) is 0. The average Bonchev–Trinajstić information content (AvgIpc) is 2.02. The van der Waals surface area contributed by atoms with E-state index in [0.29, 0.717) is 24.4 Å². The van der Waals surface area contributed by atoms with E-state index >= 15 is 0 Å².